The summed E-state index contributed by atoms with van der Waals surface area (Å²) >= 11 is 0. The summed E-state index contributed by atoms with van der Waals surface area (Å²) in [6.45, 7) is 3.51. The minimum atomic E-state index is 0. The summed E-state index contributed by atoms with van der Waals surface area (Å²) in [4.78, 5) is 0. The Morgan fingerprint density at radius 3 is 2.00 bits per heavy atom. The van der Waals surface area contributed by atoms with E-state index in [2.05, 4.69) is 6.92 Å². The van der Waals surface area contributed by atoms with Gasteiger partial charge < -0.3 is 5.11 Å². The van der Waals surface area contributed by atoms with Gasteiger partial charge in [0, 0.05) is 41.3 Å². The molecule has 0 aromatic rings. The molecule has 1 saturated carbocycles. The van der Waals surface area contributed by atoms with Crippen LogP contribution in [-0.4, -0.2) is 5.11 Å². The van der Waals surface area contributed by atoms with Gasteiger partial charge in [0.1, 0.15) is 0 Å². The zero-order chi connectivity index (χ0) is 6.74. The molecule has 0 saturated heterocycles. The van der Waals surface area contributed by atoms with Crippen molar-refractivity contribution in [2.24, 2.45) is 5.41 Å². The predicted molar refractivity (Wildman–Crippen MR) is 37.4 cm³/mol. The van der Waals surface area contributed by atoms with Gasteiger partial charge in [0.05, 0.1) is 0 Å². The van der Waals surface area contributed by atoms with Gasteiger partial charge in [-0.25, -0.2) is 6.61 Å². The van der Waals surface area contributed by atoms with Gasteiger partial charge in [-0.15, -0.1) is 5.41 Å². The number of rotatable bonds is 1. The molecule has 0 heterocycles. The van der Waals surface area contributed by atoms with E-state index in [1.54, 1.807) is 0 Å². The molecule has 0 aromatic heterocycles. The monoisotopic (exact) mass is 268 g/mol. The van der Waals surface area contributed by atoms with Gasteiger partial charge in [0.15, 0.2) is 0 Å². The quantitative estimate of drug-likeness (QED) is 0.724. The van der Waals surface area contributed by atoms with Crippen molar-refractivity contribution in [3.63, 3.8) is 0 Å². The molecule has 1 N–H and O–H groups in total. The Labute approximate surface area is 96.5 Å². The van der Waals surface area contributed by atoms with Crippen LogP contribution in [0.5, 0.6) is 0 Å². The SMILES string of the molecule is CC1([CH-]O)CCCCC1.[Pr]. The maximum Gasteiger partial charge on any atom is 0 e. The van der Waals surface area contributed by atoms with Crippen molar-refractivity contribution >= 4 is 0 Å². The van der Waals surface area contributed by atoms with Gasteiger partial charge in [-0.2, -0.15) is 0 Å². The zero-order valence-electron chi connectivity index (χ0n) is 6.64. The molecule has 1 rings (SSSR count). The molecule has 2 heteroatoms. The Kier molecular flexibility index (Phi) is 5.72. The molecular weight excluding hydrogens is 253 g/mol. The van der Waals surface area contributed by atoms with Crippen LogP contribution < -0.4 is 0 Å². The fourth-order valence-electron chi connectivity index (χ4n) is 1.49. The molecule has 1 radical (unpaired) electrons. The Morgan fingerprint density at radius 1 is 1.20 bits per heavy atom. The molecule has 1 aliphatic carbocycles. The van der Waals surface area contributed by atoms with Crippen molar-refractivity contribution in [1.29, 1.82) is 0 Å². The summed E-state index contributed by atoms with van der Waals surface area (Å²) in [6, 6.07) is 0. The van der Waals surface area contributed by atoms with Crippen LogP contribution in [0.3, 0.4) is 0 Å². The molecule has 1 fully saturated rings. The van der Waals surface area contributed by atoms with Gasteiger partial charge >= 0.3 is 0 Å². The normalized spacial score (nSPS) is 23.4. The fraction of sp³-hybridized carbons (Fsp3) is 0.875. The van der Waals surface area contributed by atoms with E-state index < -0.39 is 0 Å². The van der Waals surface area contributed by atoms with Crippen LogP contribution in [0.1, 0.15) is 39.0 Å². The van der Waals surface area contributed by atoms with Crippen molar-refractivity contribution < 1.29 is 46.4 Å². The maximum atomic E-state index is 8.83. The van der Waals surface area contributed by atoms with E-state index in [0.29, 0.717) is 0 Å². The molecule has 0 unspecified atom stereocenters. The molecule has 10 heavy (non-hydrogen) atoms. The van der Waals surface area contributed by atoms with E-state index in [4.69, 9.17) is 5.11 Å². The van der Waals surface area contributed by atoms with Crippen LogP contribution in [-0.2, 0) is 0 Å². The van der Waals surface area contributed by atoms with E-state index in [1.165, 1.54) is 38.7 Å². The van der Waals surface area contributed by atoms with Crippen molar-refractivity contribution in [2.75, 3.05) is 0 Å². The van der Waals surface area contributed by atoms with E-state index in [0.717, 1.165) is 0 Å². The Hall–Kier alpha value is 1.32. The fourth-order valence-corrected chi connectivity index (χ4v) is 1.49. The van der Waals surface area contributed by atoms with Gasteiger partial charge in [-0.1, -0.05) is 39.0 Å². The molecule has 0 aromatic carbocycles. The molecule has 0 aliphatic heterocycles. The largest absolute Gasteiger partial charge is 0.565 e. The number of aliphatic hydroxyl groups excluding tert-OH is 1. The summed E-state index contributed by atoms with van der Waals surface area (Å²) in [5.74, 6) is 0. The first-order valence-electron chi connectivity index (χ1n) is 3.75. The van der Waals surface area contributed by atoms with Crippen LogP contribution in [0.4, 0.5) is 0 Å². The summed E-state index contributed by atoms with van der Waals surface area (Å²) in [5.41, 5.74) is 0.151. The summed E-state index contributed by atoms with van der Waals surface area (Å²) in [7, 11) is 0. The molecule has 0 amide bonds. The van der Waals surface area contributed by atoms with Gasteiger partial charge in [0.25, 0.3) is 0 Å². The average molecular weight is 268 g/mol. The van der Waals surface area contributed by atoms with Crippen LogP contribution >= 0.6 is 0 Å². The first-order chi connectivity index (χ1) is 4.27. The number of hydrogen-bond donors (Lipinski definition) is 1. The summed E-state index contributed by atoms with van der Waals surface area (Å²) in [6.07, 6.45) is 6.26. The van der Waals surface area contributed by atoms with E-state index in [9.17, 15) is 0 Å². The van der Waals surface area contributed by atoms with E-state index in [-0.39, 0.29) is 46.7 Å². The summed E-state index contributed by atoms with van der Waals surface area (Å²) < 4.78 is 0. The Bertz CT molecular complexity index is 87.3. The van der Waals surface area contributed by atoms with Crippen LogP contribution in [0, 0.1) is 53.3 Å². The molecule has 0 spiro atoms. The standard InChI is InChI=1S/C8H15O.Pr/c1-8(7-9)5-3-2-4-6-8;/h7,9H,2-6H2,1H3;/q-1;. The second-order valence-corrected chi connectivity index (χ2v) is 3.34. The number of aliphatic hydroxyl groups is 1. The van der Waals surface area contributed by atoms with E-state index >= 15 is 0 Å². The molecule has 1 nitrogen and oxygen atoms in total. The third-order valence-corrected chi connectivity index (χ3v) is 2.31. The van der Waals surface area contributed by atoms with Crippen molar-refractivity contribution in [1.82, 2.24) is 0 Å². The molecular formula is C8H15OPr-. The van der Waals surface area contributed by atoms with Crippen molar-refractivity contribution in [3.8, 4) is 0 Å². The third-order valence-electron chi connectivity index (χ3n) is 2.31. The summed E-state index contributed by atoms with van der Waals surface area (Å²) in [5, 5.41) is 8.83. The van der Waals surface area contributed by atoms with E-state index in [1.807, 2.05) is 0 Å². The van der Waals surface area contributed by atoms with Gasteiger partial charge in [0.2, 0.25) is 0 Å². The third kappa shape index (κ3) is 3.15. The van der Waals surface area contributed by atoms with Gasteiger partial charge in [-0.05, 0) is 0 Å². The molecule has 0 atom stereocenters. The minimum Gasteiger partial charge on any atom is -0.565 e. The van der Waals surface area contributed by atoms with Crippen molar-refractivity contribution in [2.45, 2.75) is 39.0 Å². The predicted octanol–water partition coefficient (Wildman–Crippen LogP) is 2.49. The van der Waals surface area contributed by atoms with Gasteiger partial charge in [-0.3, -0.25) is 0 Å². The minimum absolute atomic E-state index is 0. The van der Waals surface area contributed by atoms with Crippen LogP contribution in [0.15, 0.2) is 0 Å². The van der Waals surface area contributed by atoms with Crippen LogP contribution in [0.2, 0.25) is 0 Å². The second-order valence-electron chi connectivity index (χ2n) is 3.34. The zero-order valence-corrected chi connectivity index (χ0v) is 10.3. The van der Waals surface area contributed by atoms with Crippen LogP contribution in [0.25, 0.3) is 0 Å². The topological polar surface area (TPSA) is 20.2 Å². The second kappa shape index (κ2) is 5.06. The number of hydrogen-bond acceptors (Lipinski definition) is 1. The Morgan fingerprint density at radius 2 is 1.70 bits per heavy atom. The van der Waals surface area contributed by atoms with Crippen molar-refractivity contribution in [3.05, 3.63) is 6.61 Å². The molecule has 57 valence electrons. The average Bonchev–Trinajstić information content (AvgIpc) is 1.90. The maximum absolute atomic E-state index is 8.83. The molecule has 0 bridgehead atoms. The smallest absolute Gasteiger partial charge is 0 e. The Balaban J connectivity index is 0.000000810. The first kappa shape index (κ1) is 11.3. The first-order valence-corrected chi connectivity index (χ1v) is 3.75. The molecule has 1 aliphatic rings.